The highest BCUT2D eigenvalue weighted by atomic mass is 16.3. The second kappa shape index (κ2) is 6.28. The van der Waals surface area contributed by atoms with Crippen molar-refractivity contribution in [3.63, 3.8) is 0 Å². The Labute approximate surface area is 108 Å². The van der Waals surface area contributed by atoms with Crippen LogP contribution < -0.4 is 5.32 Å². The van der Waals surface area contributed by atoms with Crippen molar-refractivity contribution in [2.24, 2.45) is 0 Å². The third kappa shape index (κ3) is 3.39. The summed E-state index contributed by atoms with van der Waals surface area (Å²) in [6, 6.07) is 13.6. The molecule has 18 heavy (non-hydrogen) atoms. The summed E-state index contributed by atoms with van der Waals surface area (Å²) in [5.74, 6) is 0. The monoisotopic (exact) mass is 242 g/mol. The van der Waals surface area contributed by atoms with Crippen molar-refractivity contribution in [2.45, 2.75) is 19.6 Å². The third-order valence-corrected chi connectivity index (χ3v) is 2.93. The van der Waals surface area contributed by atoms with E-state index >= 15 is 0 Å². The molecule has 0 saturated carbocycles. The highest BCUT2D eigenvalue weighted by Crippen LogP contribution is 2.11. The smallest absolute Gasteiger partial charge is 0.0914 e. The van der Waals surface area contributed by atoms with Crippen LogP contribution in [0.5, 0.6) is 0 Å². The molecule has 0 radical (unpaired) electrons. The van der Waals surface area contributed by atoms with Crippen LogP contribution >= 0.6 is 0 Å². The van der Waals surface area contributed by atoms with Crippen LogP contribution in [0.4, 0.5) is 0 Å². The van der Waals surface area contributed by atoms with E-state index in [1.807, 2.05) is 49.4 Å². The van der Waals surface area contributed by atoms with Crippen LogP contribution in [0, 0.1) is 6.92 Å². The van der Waals surface area contributed by atoms with Crippen molar-refractivity contribution >= 4 is 0 Å². The van der Waals surface area contributed by atoms with Gasteiger partial charge in [-0.1, -0.05) is 36.4 Å². The van der Waals surface area contributed by atoms with Gasteiger partial charge in [-0.2, -0.15) is 0 Å². The SMILES string of the molecule is Cc1cccnc1CNCC(O)c1ccccc1. The molecule has 3 heteroatoms. The molecular formula is C15H18N2O. The summed E-state index contributed by atoms with van der Waals surface area (Å²) in [6.45, 7) is 3.24. The van der Waals surface area contributed by atoms with Gasteiger partial charge in [-0.15, -0.1) is 0 Å². The van der Waals surface area contributed by atoms with E-state index in [1.54, 1.807) is 6.20 Å². The first-order valence-corrected chi connectivity index (χ1v) is 6.11. The summed E-state index contributed by atoms with van der Waals surface area (Å²) in [6.07, 6.45) is 1.31. The number of nitrogens with one attached hydrogen (secondary N) is 1. The van der Waals surface area contributed by atoms with Crippen molar-refractivity contribution in [3.05, 3.63) is 65.5 Å². The maximum atomic E-state index is 9.98. The first-order valence-electron chi connectivity index (χ1n) is 6.11. The van der Waals surface area contributed by atoms with Crippen LogP contribution in [-0.4, -0.2) is 16.6 Å². The fraction of sp³-hybridized carbons (Fsp3) is 0.267. The number of aliphatic hydroxyl groups excluding tert-OH is 1. The summed E-state index contributed by atoms with van der Waals surface area (Å²) < 4.78 is 0. The first kappa shape index (κ1) is 12.7. The molecule has 1 unspecified atom stereocenters. The molecule has 0 aliphatic carbocycles. The van der Waals surface area contributed by atoms with Crippen molar-refractivity contribution < 1.29 is 5.11 Å². The molecule has 3 nitrogen and oxygen atoms in total. The van der Waals surface area contributed by atoms with E-state index in [1.165, 1.54) is 5.56 Å². The summed E-state index contributed by atoms with van der Waals surface area (Å²) >= 11 is 0. The van der Waals surface area contributed by atoms with Gasteiger partial charge in [0.15, 0.2) is 0 Å². The van der Waals surface area contributed by atoms with Gasteiger partial charge >= 0.3 is 0 Å². The van der Waals surface area contributed by atoms with Crippen LogP contribution in [0.15, 0.2) is 48.7 Å². The molecule has 1 aromatic heterocycles. The quantitative estimate of drug-likeness (QED) is 0.845. The van der Waals surface area contributed by atoms with Crippen LogP contribution in [0.3, 0.4) is 0 Å². The lowest BCUT2D eigenvalue weighted by molar-refractivity contribution is 0.174. The van der Waals surface area contributed by atoms with Crippen LogP contribution in [-0.2, 0) is 6.54 Å². The number of aryl methyl sites for hydroxylation is 1. The number of pyridine rings is 1. The second-order valence-electron chi connectivity index (χ2n) is 4.32. The molecule has 0 bridgehead atoms. The fourth-order valence-electron chi connectivity index (χ4n) is 1.82. The summed E-state index contributed by atoms with van der Waals surface area (Å²) in [7, 11) is 0. The van der Waals surface area contributed by atoms with Gasteiger partial charge in [0.05, 0.1) is 11.8 Å². The minimum Gasteiger partial charge on any atom is -0.387 e. The van der Waals surface area contributed by atoms with E-state index in [9.17, 15) is 5.11 Å². The Morgan fingerprint density at radius 2 is 1.94 bits per heavy atom. The molecule has 0 aliphatic rings. The molecule has 0 aliphatic heterocycles. The van der Waals surface area contributed by atoms with Gasteiger partial charge in [-0.05, 0) is 24.1 Å². The minimum atomic E-state index is -0.477. The van der Waals surface area contributed by atoms with Crippen LogP contribution in [0.1, 0.15) is 22.9 Å². The van der Waals surface area contributed by atoms with E-state index < -0.39 is 6.10 Å². The molecule has 1 atom stereocenters. The van der Waals surface area contributed by atoms with E-state index in [0.717, 1.165) is 11.3 Å². The average Bonchev–Trinajstić information content (AvgIpc) is 2.42. The Morgan fingerprint density at radius 1 is 1.17 bits per heavy atom. The molecular weight excluding hydrogens is 224 g/mol. The molecule has 94 valence electrons. The topological polar surface area (TPSA) is 45.2 Å². The normalized spacial score (nSPS) is 12.3. The molecule has 0 spiro atoms. The Morgan fingerprint density at radius 3 is 2.67 bits per heavy atom. The van der Waals surface area contributed by atoms with Gasteiger partial charge in [0.2, 0.25) is 0 Å². The molecule has 0 fully saturated rings. The van der Waals surface area contributed by atoms with E-state index in [-0.39, 0.29) is 0 Å². The van der Waals surface area contributed by atoms with E-state index in [2.05, 4.69) is 10.3 Å². The number of hydrogen-bond donors (Lipinski definition) is 2. The standard InChI is InChI=1S/C15H18N2O/c1-12-6-5-9-17-14(12)10-16-11-15(18)13-7-3-2-4-8-13/h2-9,15-16,18H,10-11H2,1H3. The number of nitrogens with zero attached hydrogens (tertiary/aromatic N) is 1. The number of aromatic nitrogens is 1. The average molecular weight is 242 g/mol. The minimum absolute atomic E-state index is 0.477. The molecule has 0 saturated heterocycles. The van der Waals surface area contributed by atoms with E-state index in [0.29, 0.717) is 13.1 Å². The lowest BCUT2D eigenvalue weighted by Gasteiger charge is -2.12. The lowest BCUT2D eigenvalue weighted by atomic mass is 10.1. The highest BCUT2D eigenvalue weighted by molar-refractivity contribution is 5.19. The van der Waals surface area contributed by atoms with Crippen LogP contribution in [0.25, 0.3) is 0 Å². The molecule has 2 N–H and O–H groups in total. The van der Waals surface area contributed by atoms with Gasteiger partial charge in [-0.3, -0.25) is 4.98 Å². The second-order valence-corrected chi connectivity index (χ2v) is 4.32. The van der Waals surface area contributed by atoms with Crippen molar-refractivity contribution in [3.8, 4) is 0 Å². The lowest BCUT2D eigenvalue weighted by Crippen LogP contribution is -2.22. The van der Waals surface area contributed by atoms with Crippen molar-refractivity contribution in [2.75, 3.05) is 6.54 Å². The molecule has 1 aromatic carbocycles. The van der Waals surface area contributed by atoms with Gasteiger partial charge < -0.3 is 10.4 Å². The Hall–Kier alpha value is -1.71. The van der Waals surface area contributed by atoms with Crippen molar-refractivity contribution in [1.82, 2.24) is 10.3 Å². The summed E-state index contributed by atoms with van der Waals surface area (Å²) in [5, 5.41) is 13.2. The Balaban J connectivity index is 1.84. The fourth-order valence-corrected chi connectivity index (χ4v) is 1.82. The summed E-state index contributed by atoms with van der Waals surface area (Å²) in [4.78, 5) is 4.30. The zero-order valence-corrected chi connectivity index (χ0v) is 10.5. The Bertz CT molecular complexity index is 485. The number of aliphatic hydroxyl groups is 1. The summed E-state index contributed by atoms with van der Waals surface area (Å²) in [5.41, 5.74) is 3.12. The molecule has 2 rings (SSSR count). The predicted molar refractivity (Wildman–Crippen MR) is 72.1 cm³/mol. The molecule has 0 amide bonds. The number of rotatable bonds is 5. The van der Waals surface area contributed by atoms with Gasteiger partial charge in [0.1, 0.15) is 0 Å². The van der Waals surface area contributed by atoms with Gasteiger partial charge in [0.25, 0.3) is 0 Å². The zero-order chi connectivity index (χ0) is 12.8. The molecule has 1 heterocycles. The number of hydrogen-bond acceptors (Lipinski definition) is 3. The Kier molecular flexibility index (Phi) is 4.45. The maximum Gasteiger partial charge on any atom is 0.0914 e. The third-order valence-electron chi connectivity index (χ3n) is 2.93. The highest BCUT2D eigenvalue weighted by Gasteiger charge is 2.06. The van der Waals surface area contributed by atoms with Crippen molar-refractivity contribution in [1.29, 1.82) is 0 Å². The zero-order valence-electron chi connectivity index (χ0n) is 10.5. The maximum absolute atomic E-state index is 9.98. The first-order chi connectivity index (χ1) is 8.77. The largest absolute Gasteiger partial charge is 0.387 e. The van der Waals surface area contributed by atoms with E-state index in [4.69, 9.17) is 0 Å². The van der Waals surface area contributed by atoms with Gasteiger partial charge in [-0.25, -0.2) is 0 Å². The molecule has 2 aromatic rings. The van der Waals surface area contributed by atoms with Gasteiger partial charge in [0, 0.05) is 19.3 Å². The predicted octanol–water partition coefficient (Wildman–Crippen LogP) is 2.21. The number of benzene rings is 1. The van der Waals surface area contributed by atoms with Crippen LogP contribution in [0.2, 0.25) is 0 Å².